The Kier molecular flexibility index (Phi) is 11.4. The topological polar surface area (TPSA) is 24.7 Å². The lowest BCUT2D eigenvalue weighted by Gasteiger charge is -2.07. The summed E-state index contributed by atoms with van der Waals surface area (Å²) in [6.07, 6.45) is 15.5. The highest BCUT2D eigenvalue weighted by atomic mass is 19.1. The first-order valence-electron chi connectivity index (χ1n) is 13.2. The first kappa shape index (κ1) is 26.5. The van der Waals surface area contributed by atoms with E-state index in [1.54, 1.807) is 12.4 Å². The summed E-state index contributed by atoms with van der Waals surface area (Å²) in [6.45, 7) is 4.45. The molecule has 0 N–H and O–H groups in total. The van der Waals surface area contributed by atoms with Gasteiger partial charge in [-0.15, -0.1) is 0 Å². The second-order valence-corrected chi connectivity index (χ2v) is 9.25. The maximum Gasteiger partial charge on any atom is 0.131 e. The van der Waals surface area contributed by atoms with Gasteiger partial charge in [0.25, 0.3) is 0 Å². The molecule has 35 heavy (non-hydrogen) atoms. The van der Waals surface area contributed by atoms with E-state index >= 15 is 0 Å². The summed E-state index contributed by atoms with van der Waals surface area (Å²) in [6, 6.07) is 21.8. The lowest BCUT2D eigenvalue weighted by atomic mass is 10.00. The number of halogens is 1. The van der Waals surface area contributed by atoms with Gasteiger partial charge in [-0.2, -0.15) is 10.2 Å². The van der Waals surface area contributed by atoms with Crippen LogP contribution in [-0.4, -0.2) is 12.4 Å². The Balaban J connectivity index is 1.57. The fourth-order valence-electron chi connectivity index (χ4n) is 4.28. The molecule has 0 radical (unpaired) electrons. The molecule has 0 atom stereocenters. The van der Waals surface area contributed by atoms with Crippen molar-refractivity contribution in [1.82, 2.24) is 0 Å². The number of hydrogen-bond donors (Lipinski definition) is 0. The molecule has 2 nitrogen and oxygen atoms in total. The van der Waals surface area contributed by atoms with E-state index in [0.717, 1.165) is 24.0 Å². The van der Waals surface area contributed by atoms with Crippen molar-refractivity contribution in [2.24, 2.45) is 10.2 Å². The molecule has 0 amide bonds. The molecule has 0 spiro atoms. The summed E-state index contributed by atoms with van der Waals surface area (Å²) in [5.74, 6) is -0.244. The molecule has 3 aromatic rings. The van der Waals surface area contributed by atoms with Crippen molar-refractivity contribution in [3.05, 3.63) is 94.8 Å². The number of unbranched alkanes of at least 4 members (excludes halogenated alkanes) is 6. The van der Waals surface area contributed by atoms with Crippen molar-refractivity contribution in [2.45, 2.75) is 78.1 Å². The minimum absolute atomic E-state index is 0.244. The molecule has 3 aromatic carbocycles. The van der Waals surface area contributed by atoms with E-state index in [1.165, 1.54) is 68.6 Å². The third kappa shape index (κ3) is 8.90. The minimum Gasteiger partial charge on any atom is -0.206 e. The number of aryl methyl sites for hydroxylation is 2. The van der Waals surface area contributed by atoms with E-state index < -0.39 is 0 Å². The molecular weight excluding hydrogens is 431 g/mol. The molecule has 0 aliphatic rings. The maximum absolute atomic E-state index is 14.8. The van der Waals surface area contributed by atoms with Crippen molar-refractivity contribution in [1.29, 1.82) is 0 Å². The summed E-state index contributed by atoms with van der Waals surface area (Å²) in [5.41, 5.74) is 5.91. The highest BCUT2D eigenvalue weighted by Crippen LogP contribution is 2.24. The van der Waals surface area contributed by atoms with Crippen LogP contribution in [0.25, 0.3) is 11.1 Å². The molecule has 0 unspecified atom stereocenters. The summed E-state index contributed by atoms with van der Waals surface area (Å²) in [7, 11) is 0. The zero-order valence-corrected chi connectivity index (χ0v) is 21.3. The summed E-state index contributed by atoms with van der Waals surface area (Å²) < 4.78 is 14.8. The van der Waals surface area contributed by atoms with E-state index in [4.69, 9.17) is 0 Å². The maximum atomic E-state index is 14.8. The summed E-state index contributed by atoms with van der Waals surface area (Å²) in [4.78, 5) is 0. The molecule has 0 aliphatic heterocycles. The van der Waals surface area contributed by atoms with E-state index in [0.29, 0.717) is 11.1 Å². The van der Waals surface area contributed by atoms with Gasteiger partial charge < -0.3 is 0 Å². The van der Waals surface area contributed by atoms with Crippen LogP contribution in [0.5, 0.6) is 0 Å². The van der Waals surface area contributed by atoms with E-state index in [2.05, 4.69) is 54.4 Å². The van der Waals surface area contributed by atoms with Crippen LogP contribution in [0.15, 0.2) is 76.9 Å². The highest BCUT2D eigenvalue weighted by molar-refractivity contribution is 5.84. The Bertz CT molecular complexity index is 1080. The largest absolute Gasteiger partial charge is 0.206 e. The van der Waals surface area contributed by atoms with Gasteiger partial charge in [0.1, 0.15) is 5.82 Å². The third-order valence-electron chi connectivity index (χ3n) is 6.40. The molecule has 0 saturated heterocycles. The van der Waals surface area contributed by atoms with Crippen molar-refractivity contribution >= 4 is 12.4 Å². The number of benzene rings is 3. The molecule has 0 aromatic heterocycles. The monoisotopic (exact) mass is 470 g/mol. The van der Waals surface area contributed by atoms with Crippen LogP contribution in [0.3, 0.4) is 0 Å². The minimum atomic E-state index is -0.244. The van der Waals surface area contributed by atoms with Crippen molar-refractivity contribution in [3.63, 3.8) is 0 Å². The molecule has 0 heterocycles. The Morgan fingerprint density at radius 3 is 2.14 bits per heavy atom. The zero-order valence-electron chi connectivity index (χ0n) is 21.3. The number of rotatable bonds is 14. The lowest BCUT2D eigenvalue weighted by molar-refractivity contribution is 0.630. The van der Waals surface area contributed by atoms with Crippen LogP contribution >= 0.6 is 0 Å². The van der Waals surface area contributed by atoms with Gasteiger partial charge in [-0.3, -0.25) is 0 Å². The van der Waals surface area contributed by atoms with E-state index in [1.807, 2.05) is 30.3 Å². The molecule has 0 fully saturated rings. The molecule has 3 heteroatoms. The second-order valence-electron chi connectivity index (χ2n) is 9.25. The van der Waals surface area contributed by atoms with Gasteiger partial charge in [0, 0.05) is 5.56 Å². The van der Waals surface area contributed by atoms with Crippen LogP contribution in [0.2, 0.25) is 0 Å². The standard InChI is InChI=1S/C32H39FN2/c1-3-5-7-8-10-13-26-17-20-29(21-18-26)31-22-19-27(23-32(31)33)24-34-35-25-30-16-12-11-15-28(30)14-9-6-4-2/h11-12,15-25H,3-10,13-14H2,1-2H3. The van der Waals surface area contributed by atoms with Crippen LogP contribution < -0.4 is 0 Å². The average molecular weight is 471 g/mol. The smallest absolute Gasteiger partial charge is 0.131 e. The normalized spacial score (nSPS) is 11.6. The first-order chi connectivity index (χ1) is 17.2. The lowest BCUT2D eigenvalue weighted by Crippen LogP contribution is -1.93. The van der Waals surface area contributed by atoms with E-state index in [-0.39, 0.29) is 5.82 Å². The number of nitrogens with zero attached hydrogens (tertiary/aromatic N) is 2. The van der Waals surface area contributed by atoms with Crippen LogP contribution in [0.4, 0.5) is 4.39 Å². The van der Waals surface area contributed by atoms with Gasteiger partial charge in [0.2, 0.25) is 0 Å². The summed E-state index contributed by atoms with van der Waals surface area (Å²) >= 11 is 0. The third-order valence-corrected chi connectivity index (χ3v) is 6.40. The molecule has 184 valence electrons. The van der Waals surface area contributed by atoms with Crippen LogP contribution in [-0.2, 0) is 12.8 Å². The predicted octanol–water partition coefficient (Wildman–Crippen LogP) is 9.19. The quantitative estimate of drug-likeness (QED) is 0.127. The Hall–Kier alpha value is -3.07. The molecule has 0 bridgehead atoms. The fraction of sp³-hybridized carbons (Fsp3) is 0.375. The van der Waals surface area contributed by atoms with Crippen LogP contribution in [0, 0.1) is 5.82 Å². The molecule has 0 saturated carbocycles. The van der Waals surface area contributed by atoms with Gasteiger partial charge in [-0.05, 0) is 59.6 Å². The van der Waals surface area contributed by atoms with Gasteiger partial charge in [0.05, 0.1) is 12.4 Å². The van der Waals surface area contributed by atoms with Gasteiger partial charge in [-0.1, -0.05) is 113 Å². The molecule has 0 aliphatic carbocycles. The molecular formula is C32H39FN2. The highest BCUT2D eigenvalue weighted by Gasteiger charge is 2.06. The van der Waals surface area contributed by atoms with Gasteiger partial charge >= 0.3 is 0 Å². The summed E-state index contributed by atoms with van der Waals surface area (Å²) in [5, 5.41) is 8.36. The number of hydrogen-bond acceptors (Lipinski definition) is 2. The molecule has 3 rings (SSSR count). The first-order valence-corrected chi connectivity index (χ1v) is 13.2. The fourth-order valence-corrected chi connectivity index (χ4v) is 4.28. The SMILES string of the molecule is CCCCCCCc1ccc(-c2ccc(C=NN=Cc3ccccc3CCCCC)cc2F)cc1. The van der Waals surface area contributed by atoms with E-state index in [9.17, 15) is 4.39 Å². The van der Waals surface area contributed by atoms with Crippen molar-refractivity contribution < 1.29 is 4.39 Å². The van der Waals surface area contributed by atoms with Crippen molar-refractivity contribution in [3.8, 4) is 11.1 Å². The van der Waals surface area contributed by atoms with Gasteiger partial charge in [0.15, 0.2) is 0 Å². The van der Waals surface area contributed by atoms with Crippen LogP contribution in [0.1, 0.15) is 87.5 Å². The van der Waals surface area contributed by atoms with Gasteiger partial charge in [-0.25, -0.2) is 4.39 Å². The predicted molar refractivity (Wildman–Crippen MR) is 149 cm³/mol. The average Bonchev–Trinajstić information content (AvgIpc) is 2.88. The second kappa shape index (κ2) is 15.0. The Morgan fingerprint density at radius 2 is 1.37 bits per heavy atom. The Morgan fingerprint density at radius 1 is 0.686 bits per heavy atom. The Labute approximate surface area is 211 Å². The van der Waals surface area contributed by atoms with Crippen molar-refractivity contribution in [2.75, 3.05) is 0 Å². The zero-order chi connectivity index (χ0) is 24.7.